The molecule has 12 heteroatoms. The Kier molecular flexibility index (Phi) is 9.50. The first kappa shape index (κ1) is 23.2. The number of nitro benzene ring substituents is 1. The van der Waals surface area contributed by atoms with Crippen LogP contribution in [0.3, 0.4) is 0 Å². The molecule has 0 aromatic heterocycles. The lowest BCUT2D eigenvalue weighted by Gasteiger charge is -2.11. The molecule has 0 aliphatic rings. The van der Waals surface area contributed by atoms with Crippen LogP contribution in [0.1, 0.15) is 23.2 Å². The average molecular weight is 345 g/mol. The van der Waals surface area contributed by atoms with E-state index in [9.17, 15) is 24.5 Å². The summed E-state index contributed by atoms with van der Waals surface area (Å²) in [5.74, 6) is -3.34. The number of hydrogen-bond donors (Lipinski definition) is 6. The molecule has 11 N–H and O–H groups in total. The van der Waals surface area contributed by atoms with E-state index in [1.807, 2.05) is 0 Å². The Balaban J connectivity index is 0. The van der Waals surface area contributed by atoms with Gasteiger partial charge < -0.3 is 33.6 Å². The number of nitrogens with one attached hydrogen (secondary N) is 1. The number of carbonyl (C=O) groups excluding carboxylic acids is 1. The number of aromatic carboxylic acids is 1. The molecule has 0 bridgehead atoms. The number of nitro groups is 1. The SMILES string of the molecule is N.N.N[C@H](CCC(=O)O)C(=O)Nc1ccc([N+](=O)[O-])c(C(=O)O)c1. The van der Waals surface area contributed by atoms with Gasteiger partial charge in [0.05, 0.1) is 11.0 Å². The number of hydrogen-bond acceptors (Lipinski definition) is 8. The molecule has 0 aliphatic carbocycles. The van der Waals surface area contributed by atoms with Crippen molar-refractivity contribution in [2.24, 2.45) is 5.73 Å². The molecule has 1 aromatic carbocycles. The summed E-state index contributed by atoms with van der Waals surface area (Å²) < 4.78 is 0. The quantitative estimate of drug-likeness (QED) is 0.299. The van der Waals surface area contributed by atoms with Crippen LogP contribution in [-0.2, 0) is 9.59 Å². The standard InChI is InChI=1S/C12H13N3O7.2H3N/c13-8(2-4-10(16)17)11(18)14-6-1-3-9(15(21)22)7(5-6)12(19)20;;/h1,3,5,8H,2,4,13H2,(H,14,18)(H,16,17)(H,19,20);2*1H3/t8-;;/m1../s1. The van der Waals surface area contributed by atoms with Crippen LogP contribution < -0.4 is 23.4 Å². The Bertz CT molecular complexity index is 634. The summed E-state index contributed by atoms with van der Waals surface area (Å²) in [6.07, 6.45) is -0.394. The van der Waals surface area contributed by atoms with Crippen LogP contribution in [0.4, 0.5) is 11.4 Å². The Morgan fingerprint density at radius 3 is 2.29 bits per heavy atom. The number of aliphatic carboxylic acids is 1. The van der Waals surface area contributed by atoms with Gasteiger partial charge in [0, 0.05) is 18.2 Å². The van der Waals surface area contributed by atoms with E-state index in [1.54, 1.807) is 0 Å². The number of carbonyl (C=O) groups is 3. The van der Waals surface area contributed by atoms with Crippen molar-refractivity contribution in [3.05, 3.63) is 33.9 Å². The molecular formula is C12H19N5O7. The van der Waals surface area contributed by atoms with Gasteiger partial charge in [-0.3, -0.25) is 19.7 Å². The number of amides is 1. The molecular weight excluding hydrogens is 326 g/mol. The second kappa shape index (κ2) is 9.83. The second-order valence-electron chi connectivity index (χ2n) is 4.32. The Labute approximate surface area is 136 Å². The fourth-order valence-corrected chi connectivity index (χ4v) is 1.59. The maximum Gasteiger partial charge on any atom is 0.342 e. The molecule has 0 saturated heterocycles. The molecule has 24 heavy (non-hydrogen) atoms. The lowest BCUT2D eigenvalue weighted by Crippen LogP contribution is -2.36. The maximum absolute atomic E-state index is 11.7. The summed E-state index contributed by atoms with van der Waals surface area (Å²) in [7, 11) is 0. The highest BCUT2D eigenvalue weighted by Crippen LogP contribution is 2.22. The van der Waals surface area contributed by atoms with Crippen LogP contribution in [0.15, 0.2) is 18.2 Å². The highest BCUT2D eigenvalue weighted by atomic mass is 16.6. The van der Waals surface area contributed by atoms with Crippen LogP contribution in [0, 0.1) is 10.1 Å². The van der Waals surface area contributed by atoms with Crippen molar-refractivity contribution in [3.63, 3.8) is 0 Å². The topological polar surface area (TPSA) is 243 Å². The van der Waals surface area contributed by atoms with Gasteiger partial charge in [-0.1, -0.05) is 0 Å². The highest BCUT2D eigenvalue weighted by molar-refractivity contribution is 5.98. The minimum absolute atomic E-state index is 0. The van der Waals surface area contributed by atoms with Crippen molar-refractivity contribution in [3.8, 4) is 0 Å². The van der Waals surface area contributed by atoms with Gasteiger partial charge in [0.1, 0.15) is 5.56 Å². The van der Waals surface area contributed by atoms with Crippen LogP contribution in [0.5, 0.6) is 0 Å². The zero-order valence-electron chi connectivity index (χ0n) is 12.6. The zero-order chi connectivity index (χ0) is 16.9. The molecule has 0 fully saturated rings. The molecule has 0 radical (unpaired) electrons. The van der Waals surface area contributed by atoms with E-state index >= 15 is 0 Å². The van der Waals surface area contributed by atoms with E-state index in [0.717, 1.165) is 18.2 Å². The van der Waals surface area contributed by atoms with Gasteiger partial charge in [0.15, 0.2) is 0 Å². The molecule has 12 nitrogen and oxygen atoms in total. The summed E-state index contributed by atoms with van der Waals surface area (Å²) in [6.45, 7) is 0. The summed E-state index contributed by atoms with van der Waals surface area (Å²) >= 11 is 0. The third kappa shape index (κ3) is 6.35. The largest absolute Gasteiger partial charge is 0.481 e. The number of carboxylic acids is 2. The summed E-state index contributed by atoms with van der Waals surface area (Å²) in [4.78, 5) is 42.9. The smallest absolute Gasteiger partial charge is 0.342 e. The number of benzene rings is 1. The van der Waals surface area contributed by atoms with Crippen LogP contribution in [0.2, 0.25) is 0 Å². The van der Waals surface area contributed by atoms with Crippen LogP contribution in [0.25, 0.3) is 0 Å². The summed E-state index contributed by atoms with van der Waals surface area (Å²) in [6, 6.07) is 1.94. The maximum atomic E-state index is 11.7. The lowest BCUT2D eigenvalue weighted by molar-refractivity contribution is -0.385. The van der Waals surface area contributed by atoms with E-state index in [-0.39, 0.29) is 30.8 Å². The Morgan fingerprint density at radius 1 is 1.25 bits per heavy atom. The summed E-state index contributed by atoms with van der Waals surface area (Å²) in [5.41, 5.74) is 4.31. The predicted octanol–water partition coefficient (Wildman–Crippen LogP) is 0.748. The second-order valence-corrected chi connectivity index (χ2v) is 4.32. The number of nitrogens with two attached hydrogens (primary N) is 1. The molecule has 0 saturated carbocycles. The van der Waals surface area contributed by atoms with E-state index in [2.05, 4.69) is 5.32 Å². The van der Waals surface area contributed by atoms with Gasteiger partial charge in [-0.15, -0.1) is 0 Å². The van der Waals surface area contributed by atoms with E-state index in [0.29, 0.717) is 0 Å². The predicted molar refractivity (Wildman–Crippen MR) is 83.6 cm³/mol. The Morgan fingerprint density at radius 2 is 1.83 bits per heavy atom. The van der Waals surface area contributed by atoms with Gasteiger partial charge in [0.25, 0.3) is 5.69 Å². The number of nitrogens with zero attached hydrogens (tertiary/aromatic N) is 1. The third-order valence-corrected chi connectivity index (χ3v) is 2.70. The molecule has 1 aromatic rings. The molecule has 0 heterocycles. The van der Waals surface area contributed by atoms with Crippen molar-refractivity contribution in [1.82, 2.24) is 12.3 Å². The van der Waals surface area contributed by atoms with Gasteiger partial charge >= 0.3 is 11.9 Å². The number of anilines is 1. The molecule has 1 atom stereocenters. The van der Waals surface area contributed by atoms with Gasteiger partial charge in [-0.05, 0) is 18.6 Å². The zero-order valence-corrected chi connectivity index (χ0v) is 12.6. The molecule has 0 spiro atoms. The minimum Gasteiger partial charge on any atom is -0.481 e. The average Bonchev–Trinajstić information content (AvgIpc) is 2.44. The first-order chi connectivity index (χ1) is 10.2. The fourth-order valence-electron chi connectivity index (χ4n) is 1.59. The van der Waals surface area contributed by atoms with Crippen molar-refractivity contribution in [1.29, 1.82) is 0 Å². The monoisotopic (exact) mass is 345 g/mol. The van der Waals surface area contributed by atoms with Crippen LogP contribution in [-0.4, -0.2) is 39.0 Å². The van der Waals surface area contributed by atoms with E-state index in [1.165, 1.54) is 0 Å². The van der Waals surface area contributed by atoms with Crippen molar-refractivity contribution in [2.45, 2.75) is 18.9 Å². The van der Waals surface area contributed by atoms with Gasteiger partial charge in [-0.25, -0.2) is 4.79 Å². The van der Waals surface area contributed by atoms with E-state index < -0.39 is 40.1 Å². The number of carboxylic acid groups (broad SMARTS) is 2. The fraction of sp³-hybridized carbons (Fsp3) is 0.250. The Hall–Kier alpha value is -3.09. The molecule has 134 valence electrons. The molecule has 1 rings (SSSR count). The van der Waals surface area contributed by atoms with Gasteiger partial charge in [-0.2, -0.15) is 0 Å². The normalized spacial score (nSPS) is 10.5. The van der Waals surface area contributed by atoms with Crippen molar-refractivity contribution >= 4 is 29.2 Å². The first-order valence-electron chi connectivity index (χ1n) is 6.02. The van der Waals surface area contributed by atoms with Crippen molar-refractivity contribution < 1.29 is 29.5 Å². The molecule has 0 aliphatic heterocycles. The van der Waals surface area contributed by atoms with E-state index in [4.69, 9.17) is 15.9 Å². The van der Waals surface area contributed by atoms with Gasteiger partial charge in [0.2, 0.25) is 5.91 Å². The number of rotatable bonds is 7. The first-order valence-corrected chi connectivity index (χ1v) is 6.02. The third-order valence-electron chi connectivity index (χ3n) is 2.70. The molecule has 0 unspecified atom stereocenters. The van der Waals surface area contributed by atoms with Crippen LogP contribution >= 0.6 is 0 Å². The highest BCUT2D eigenvalue weighted by Gasteiger charge is 2.21. The molecule has 1 amide bonds. The lowest BCUT2D eigenvalue weighted by atomic mass is 10.1. The van der Waals surface area contributed by atoms with Crippen molar-refractivity contribution in [2.75, 3.05) is 5.32 Å². The minimum atomic E-state index is -1.52. The summed E-state index contributed by atoms with van der Waals surface area (Å²) in [5, 5.41) is 30.4.